The fraction of sp³-hybridized carbons (Fsp3) is 0.333. The second-order valence-corrected chi connectivity index (χ2v) is 5.49. The number of nitrogens with one attached hydrogen (secondary N) is 1. The molecule has 106 valence electrons. The first kappa shape index (κ1) is 14.9. The lowest BCUT2D eigenvalue weighted by Crippen LogP contribution is -2.36. The SMILES string of the molecule is CCNC(=O)C(CN)Cc1ccc(Br)c2cccnc12. The van der Waals surface area contributed by atoms with Gasteiger partial charge in [0, 0.05) is 29.1 Å². The van der Waals surface area contributed by atoms with Crippen LogP contribution >= 0.6 is 15.9 Å². The molecule has 1 unspecified atom stereocenters. The number of rotatable bonds is 5. The summed E-state index contributed by atoms with van der Waals surface area (Å²) in [4.78, 5) is 16.4. The van der Waals surface area contributed by atoms with Gasteiger partial charge in [-0.15, -0.1) is 0 Å². The van der Waals surface area contributed by atoms with E-state index in [4.69, 9.17) is 5.73 Å². The van der Waals surface area contributed by atoms with Gasteiger partial charge in [0.1, 0.15) is 0 Å². The largest absolute Gasteiger partial charge is 0.356 e. The molecule has 4 nitrogen and oxygen atoms in total. The second-order valence-electron chi connectivity index (χ2n) is 4.64. The molecule has 0 aliphatic carbocycles. The van der Waals surface area contributed by atoms with Gasteiger partial charge in [-0.05, 0) is 31.0 Å². The quantitative estimate of drug-likeness (QED) is 0.880. The van der Waals surface area contributed by atoms with E-state index in [1.165, 1.54) is 0 Å². The fourth-order valence-corrected chi connectivity index (χ4v) is 2.68. The second kappa shape index (κ2) is 6.81. The van der Waals surface area contributed by atoms with Crippen LogP contribution in [-0.2, 0) is 11.2 Å². The van der Waals surface area contributed by atoms with Crippen molar-refractivity contribution in [3.05, 3.63) is 40.5 Å². The van der Waals surface area contributed by atoms with Crippen molar-refractivity contribution < 1.29 is 4.79 Å². The Morgan fingerprint density at radius 2 is 2.25 bits per heavy atom. The molecule has 0 bridgehead atoms. The first-order chi connectivity index (χ1) is 9.67. The maximum absolute atomic E-state index is 12.0. The summed E-state index contributed by atoms with van der Waals surface area (Å²) in [6.07, 6.45) is 2.37. The number of nitrogens with zero attached hydrogens (tertiary/aromatic N) is 1. The van der Waals surface area contributed by atoms with Gasteiger partial charge in [-0.1, -0.05) is 28.1 Å². The van der Waals surface area contributed by atoms with Crippen molar-refractivity contribution in [2.75, 3.05) is 13.1 Å². The summed E-state index contributed by atoms with van der Waals surface area (Å²) >= 11 is 3.52. The summed E-state index contributed by atoms with van der Waals surface area (Å²) in [7, 11) is 0. The Kier molecular flexibility index (Phi) is 5.09. The minimum Gasteiger partial charge on any atom is -0.356 e. The van der Waals surface area contributed by atoms with Gasteiger partial charge in [0.2, 0.25) is 5.91 Å². The zero-order valence-corrected chi connectivity index (χ0v) is 13.0. The highest BCUT2D eigenvalue weighted by Crippen LogP contribution is 2.26. The molecule has 0 fully saturated rings. The van der Waals surface area contributed by atoms with E-state index in [-0.39, 0.29) is 11.8 Å². The zero-order chi connectivity index (χ0) is 14.5. The Labute approximate surface area is 126 Å². The lowest BCUT2D eigenvalue weighted by molar-refractivity contribution is -0.124. The van der Waals surface area contributed by atoms with Crippen LogP contribution in [0.2, 0.25) is 0 Å². The number of benzene rings is 1. The molecule has 1 aromatic heterocycles. The van der Waals surface area contributed by atoms with Crippen LogP contribution in [-0.4, -0.2) is 24.0 Å². The molecule has 2 aromatic rings. The van der Waals surface area contributed by atoms with E-state index in [2.05, 4.69) is 26.2 Å². The summed E-state index contributed by atoms with van der Waals surface area (Å²) in [5, 5.41) is 3.88. The average molecular weight is 336 g/mol. The molecule has 5 heteroatoms. The molecule has 1 aromatic carbocycles. The highest BCUT2D eigenvalue weighted by molar-refractivity contribution is 9.10. The number of hydrogen-bond acceptors (Lipinski definition) is 3. The molecule has 3 N–H and O–H groups in total. The molecule has 20 heavy (non-hydrogen) atoms. The number of amides is 1. The number of nitrogens with two attached hydrogens (primary N) is 1. The molecule has 0 saturated carbocycles. The van der Waals surface area contributed by atoms with Crippen LogP contribution in [0, 0.1) is 5.92 Å². The fourth-order valence-electron chi connectivity index (χ4n) is 2.23. The van der Waals surface area contributed by atoms with Crippen LogP contribution in [0.15, 0.2) is 34.9 Å². The van der Waals surface area contributed by atoms with E-state index in [0.717, 1.165) is 20.9 Å². The Bertz CT molecular complexity index is 615. The first-order valence-electron chi connectivity index (χ1n) is 6.67. The summed E-state index contributed by atoms with van der Waals surface area (Å²) in [6, 6.07) is 7.91. The smallest absolute Gasteiger partial charge is 0.224 e. The van der Waals surface area contributed by atoms with Gasteiger partial charge >= 0.3 is 0 Å². The predicted octanol–water partition coefficient (Wildman–Crippen LogP) is 2.25. The van der Waals surface area contributed by atoms with Crippen molar-refractivity contribution in [3.63, 3.8) is 0 Å². The summed E-state index contributed by atoms with van der Waals surface area (Å²) in [6.45, 7) is 2.85. The van der Waals surface area contributed by atoms with E-state index < -0.39 is 0 Å². The molecule has 2 rings (SSSR count). The maximum Gasteiger partial charge on any atom is 0.224 e. The van der Waals surface area contributed by atoms with Crippen molar-refractivity contribution >= 4 is 32.7 Å². The van der Waals surface area contributed by atoms with Gasteiger partial charge < -0.3 is 11.1 Å². The van der Waals surface area contributed by atoms with Crippen molar-refractivity contribution in [3.8, 4) is 0 Å². The van der Waals surface area contributed by atoms with Gasteiger partial charge in [-0.3, -0.25) is 9.78 Å². The molecular weight excluding hydrogens is 318 g/mol. The molecule has 0 saturated heterocycles. The van der Waals surface area contributed by atoms with Crippen LogP contribution in [0.25, 0.3) is 10.9 Å². The minimum absolute atomic E-state index is 0.00185. The normalized spacial score (nSPS) is 12.3. The van der Waals surface area contributed by atoms with E-state index in [1.807, 2.05) is 31.2 Å². The molecule has 1 atom stereocenters. The third-order valence-corrected chi connectivity index (χ3v) is 3.96. The average Bonchev–Trinajstić information content (AvgIpc) is 2.47. The highest BCUT2D eigenvalue weighted by Gasteiger charge is 2.18. The van der Waals surface area contributed by atoms with Crippen LogP contribution in [0.3, 0.4) is 0 Å². The number of halogens is 1. The monoisotopic (exact) mass is 335 g/mol. The molecular formula is C15H18BrN3O. The summed E-state index contributed by atoms with van der Waals surface area (Å²) in [5.41, 5.74) is 7.70. The molecule has 0 spiro atoms. The zero-order valence-electron chi connectivity index (χ0n) is 11.4. The van der Waals surface area contributed by atoms with Crippen molar-refractivity contribution in [1.29, 1.82) is 0 Å². The minimum atomic E-state index is -0.221. The van der Waals surface area contributed by atoms with Crippen molar-refractivity contribution in [2.24, 2.45) is 11.7 Å². The van der Waals surface area contributed by atoms with Crippen LogP contribution in [0.1, 0.15) is 12.5 Å². The number of pyridine rings is 1. The summed E-state index contributed by atoms with van der Waals surface area (Å²) in [5.74, 6) is -0.219. The molecule has 0 aliphatic rings. The Hall–Kier alpha value is -1.46. The number of carbonyl (C=O) groups excluding carboxylic acids is 1. The molecule has 0 aliphatic heterocycles. The van der Waals surface area contributed by atoms with Crippen molar-refractivity contribution in [2.45, 2.75) is 13.3 Å². The van der Waals surface area contributed by atoms with E-state index >= 15 is 0 Å². The van der Waals surface area contributed by atoms with Crippen LogP contribution in [0.4, 0.5) is 0 Å². The lowest BCUT2D eigenvalue weighted by Gasteiger charge is -2.15. The van der Waals surface area contributed by atoms with E-state index in [1.54, 1.807) is 6.20 Å². The number of fused-ring (bicyclic) bond motifs is 1. The number of aromatic nitrogens is 1. The first-order valence-corrected chi connectivity index (χ1v) is 7.46. The lowest BCUT2D eigenvalue weighted by atomic mass is 9.96. The molecule has 1 amide bonds. The summed E-state index contributed by atoms with van der Waals surface area (Å²) < 4.78 is 1.01. The Balaban J connectivity index is 2.33. The number of carbonyl (C=O) groups is 1. The van der Waals surface area contributed by atoms with Gasteiger partial charge in [-0.2, -0.15) is 0 Å². The van der Waals surface area contributed by atoms with Gasteiger partial charge in [-0.25, -0.2) is 0 Å². The Morgan fingerprint density at radius 1 is 1.45 bits per heavy atom. The Morgan fingerprint density at radius 3 is 2.95 bits per heavy atom. The van der Waals surface area contributed by atoms with Gasteiger partial charge in [0.25, 0.3) is 0 Å². The topological polar surface area (TPSA) is 68.0 Å². The van der Waals surface area contributed by atoms with Gasteiger partial charge in [0.15, 0.2) is 0 Å². The van der Waals surface area contributed by atoms with Crippen LogP contribution < -0.4 is 11.1 Å². The molecule has 0 radical (unpaired) electrons. The number of hydrogen-bond donors (Lipinski definition) is 2. The third-order valence-electron chi connectivity index (χ3n) is 3.27. The maximum atomic E-state index is 12.0. The predicted molar refractivity (Wildman–Crippen MR) is 84.4 cm³/mol. The molecule has 1 heterocycles. The van der Waals surface area contributed by atoms with Crippen molar-refractivity contribution in [1.82, 2.24) is 10.3 Å². The third kappa shape index (κ3) is 3.16. The van der Waals surface area contributed by atoms with Crippen LogP contribution in [0.5, 0.6) is 0 Å². The van der Waals surface area contributed by atoms with Gasteiger partial charge in [0.05, 0.1) is 11.4 Å². The standard InChI is InChI=1S/C15H18BrN3O/c1-2-18-15(20)11(9-17)8-10-5-6-13(16)12-4-3-7-19-14(10)12/h3-7,11H,2,8-9,17H2,1H3,(H,18,20). The van der Waals surface area contributed by atoms with E-state index in [0.29, 0.717) is 19.5 Å². The van der Waals surface area contributed by atoms with E-state index in [9.17, 15) is 4.79 Å². The highest BCUT2D eigenvalue weighted by atomic mass is 79.9.